The predicted octanol–water partition coefficient (Wildman–Crippen LogP) is 1.98. The third-order valence-corrected chi connectivity index (χ3v) is 2.51. The number of benzene rings is 1. The highest BCUT2D eigenvalue weighted by Gasteiger charge is 2.07. The van der Waals surface area contributed by atoms with E-state index in [-0.39, 0.29) is 30.7 Å². The number of nitrogens with zero attached hydrogens (tertiary/aromatic N) is 1. The lowest BCUT2D eigenvalue weighted by Gasteiger charge is -2.10. The molecule has 1 unspecified atom stereocenters. The largest absolute Gasteiger partial charge is 0.481 e. The zero-order valence-corrected chi connectivity index (χ0v) is 11.0. The summed E-state index contributed by atoms with van der Waals surface area (Å²) < 4.78 is 0. The van der Waals surface area contributed by atoms with Crippen LogP contribution in [0.3, 0.4) is 0 Å². The lowest BCUT2D eigenvalue weighted by atomic mass is 9.96. The Morgan fingerprint density at radius 3 is 2.33 bits per heavy atom. The summed E-state index contributed by atoms with van der Waals surface area (Å²) in [7, 11) is 0. The van der Waals surface area contributed by atoms with E-state index in [1.807, 2.05) is 31.2 Å². The smallest absolute Gasteiger partial charge is 0.303 e. The summed E-state index contributed by atoms with van der Waals surface area (Å²) in [5.41, 5.74) is 12.3. The van der Waals surface area contributed by atoms with Gasteiger partial charge < -0.3 is 16.6 Å². The molecule has 0 bridgehead atoms. The molecule has 0 saturated heterocycles. The number of carboxylic acids is 1. The molecule has 5 N–H and O–H groups in total. The Hall–Kier alpha value is -1.75. The van der Waals surface area contributed by atoms with Crippen molar-refractivity contribution in [1.29, 1.82) is 0 Å². The summed E-state index contributed by atoms with van der Waals surface area (Å²) in [5, 5.41) is 8.61. The molecule has 0 aliphatic heterocycles. The summed E-state index contributed by atoms with van der Waals surface area (Å²) in [5.74, 6) is -0.537. The van der Waals surface area contributed by atoms with Gasteiger partial charge in [-0.1, -0.05) is 19.1 Å². The zero-order chi connectivity index (χ0) is 12.8. The van der Waals surface area contributed by atoms with Gasteiger partial charge >= 0.3 is 5.97 Å². The van der Waals surface area contributed by atoms with Gasteiger partial charge in [-0.2, -0.15) is 0 Å². The van der Waals surface area contributed by atoms with E-state index < -0.39 is 5.97 Å². The number of hydrogen-bond acceptors (Lipinski definition) is 2. The minimum atomic E-state index is -0.769. The molecule has 1 aromatic carbocycles. The van der Waals surface area contributed by atoms with Crippen molar-refractivity contribution in [2.75, 3.05) is 0 Å². The van der Waals surface area contributed by atoms with Crippen LogP contribution in [0.15, 0.2) is 29.3 Å². The van der Waals surface area contributed by atoms with E-state index in [0.717, 1.165) is 5.56 Å². The van der Waals surface area contributed by atoms with Crippen LogP contribution in [0.1, 0.15) is 31.2 Å². The van der Waals surface area contributed by atoms with Crippen molar-refractivity contribution in [3.8, 4) is 0 Å². The number of rotatable bonds is 5. The summed E-state index contributed by atoms with van der Waals surface area (Å²) in [6, 6.07) is 7.45. The van der Waals surface area contributed by atoms with Crippen LogP contribution in [-0.2, 0) is 4.79 Å². The van der Waals surface area contributed by atoms with E-state index in [0.29, 0.717) is 12.1 Å². The quantitative estimate of drug-likeness (QED) is 0.563. The highest BCUT2D eigenvalue weighted by molar-refractivity contribution is 5.85. The van der Waals surface area contributed by atoms with Gasteiger partial charge in [0.15, 0.2) is 5.96 Å². The molecule has 5 nitrogen and oxygen atoms in total. The fourth-order valence-electron chi connectivity index (χ4n) is 1.53. The number of aliphatic imine (C=N–C) groups is 1. The van der Waals surface area contributed by atoms with E-state index in [1.165, 1.54) is 0 Å². The molecule has 0 heterocycles. The molecule has 6 heteroatoms. The fourth-order valence-corrected chi connectivity index (χ4v) is 1.53. The number of aliphatic carboxylic acids is 1. The molecule has 1 aromatic rings. The first-order valence-corrected chi connectivity index (χ1v) is 5.40. The minimum Gasteiger partial charge on any atom is -0.481 e. The van der Waals surface area contributed by atoms with Crippen molar-refractivity contribution in [3.63, 3.8) is 0 Å². The van der Waals surface area contributed by atoms with Crippen molar-refractivity contribution in [3.05, 3.63) is 29.8 Å². The van der Waals surface area contributed by atoms with Crippen LogP contribution < -0.4 is 11.5 Å². The van der Waals surface area contributed by atoms with Crippen LogP contribution >= 0.6 is 12.4 Å². The minimum absolute atomic E-state index is 0. The summed E-state index contributed by atoms with van der Waals surface area (Å²) in [4.78, 5) is 14.4. The molecule has 0 aliphatic carbocycles. The first-order valence-electron chi connectivity index (χ1n) is 5.40. The summed E-state index contributed by atoms with van der Waals surface area (Å²) >= 11 is 0. The third kappa shape index (κ3) is 5.54. The molecule has 1 atom stereocenters. The van der Waals surface area contributed by atoms with Crippen LogP contribution in [0.4, 0.5) is 5.69 Å². The van der Waals surface area contributed by atoms with Gasteiger partial charge in [-0.15, -0.1) is 12.4 Å². The number of guanidine groups is 1. The first kappa shape index (κ1) is 16.2. The lowest BCUT2D eigenvalue weighted by Crippen LogP contribution is -2.21. The predicted molar refractivity (Wildman–Crippen MR) is 74.4 cm³/mol. The van der Waals surface area contributed by atoms with Crippen molar-refractivity contribution >= 4 is 30.0 Å². The van der Waals surface area contributed by atoms with Gasteiger partial charge in [-0.25, -0.2) is 4.99 Å². The Kier molecular flexibility index (Phi) is 6.82. The number of nitrogens with two attached hydrogens (primary N) is 2. The molecule has 18 heavy (non-hydrogen) atoms. The molecule has 0 spiro atoms. The highest BCUT2D eigenvalue weighted by atomic mass is 35.5. The normalized spacial score (nSPS) is 11.2. The van der Waals surface area contributed by atoms with E-state index in [2.05, 4.69) is 4.99 Å². The average Bonchev–Trinajstić information content (AvgIpc) is 2.26. The highest BCUT2D eigenvalue weighted by Crippen LogP contribution is 2.23. The monoisotopic (exact) mass is 271 g/mol. The van der Waals surface area contributed by atoms with Crippen LogP contribution in [0.25, 0.3) is 0 Å². The molecule has 0 fully saturated rings. The Balaban J connectivity index is 0.00000289. The van der Waals surface area contributed by atoms with Crippen molar-refractivity contribution in [1.82, 2.24) is 0 Å². The maximum Gasteiger partial charge on any atom is 0.303 e. The standard InChI is InChI=1S/C12H17N3O2.ClH/c1-8(2-7-11(16)17)9-3-5-10(6-4-9)15-12(13)14;/h3-6,8H,2,7H2,1H3,(H,16,17)(H4,13,14,15);1H. The molecular formula is C12H18ClN3O2. The molecule has 100 valence electrons. The van der Waals surface area contributed by atoms with Gasteiger partial charge in [0.25, 0.3) is 0 Å². The summed E-state index contributed by atoms with van der Waals surface area (Å²) in [6.07, 6.45) is 0.799. The second-order valence-corrected chi connectivity index (χ2v) is 3.96. The maximum absolute atomic E-state index is 10.5. The lowest BCUT2D eigenvalue weighted by molar-refractivity contribution is -0.137. The van der Waals surface area contributed by atoms with Crippen LogP contribution in [-0.4, -0.2) is 17.0 Å². The van der Waals surface area contributed by atoms with Gasteiger partial charge in [0.05, 0.1) is 5.69 Å². The van der Waals surface area contributed by atoms with E-state index in [4.69, 9.17) is 16.6 Å². The topological polar surface area (TPSA) is 102 Å². The number of hydrogen-bond donors (Lipinski definition) is 3. The van der Waals surface area contributed by atoms with Crippen molar-refractivity contribution in [2.45, 2.75) is 25.7 Å². The molecule has 0 radical (unpaired) electrons. The third-order valence-electron chi connectivity index (χ3n) is 2.51. The average molecular weight is 272 g/mol. The molecular weight excluding hydrogens is 254 g/mol. The Morgan fingerprint density at radius 1 is 1.33 bits per heavy atom. The number of halogens is 1. The van der Waals surface area contributed by atoms with Gasteiger partial charge in [-0.3, -0.25) is 4.79 Å². The van der Waals surface area contributed by atoms with E-state index in [9.17, 15) is 4.79 Å². The second-order valence-electron chi connectivity index (χ2n) is 3.96. The fraction of sp³-hybridized carbons (Fsp3) is 0.333. The van der Waals surface area contributed by atoms with Crippen molar-refractivity contribution < 1.29 is 9.90 Å². The maximum atomic E-state index is 10.5. The van der Waals surface area contributed by atoms with E-state index in [1.54, 1.807) is 0 Å². The first-order chi connectivity index (χ1) is 7.99. The molecule has 1 rings (SSSR count). The number of carbonyl (C=O) groups is 1. The molecule has 0 saturated carbocycles. The Labute approximate surface area is 112 Å². The van der Waals surface area contributed by atoms with E-state index >= 15 is 0 Å². The molecule has 0 amide bonds. The SMILES string of the molecule is CC(CCC(=O)O)c1ccc(N=C(N)N)cc1.Cl. The van der Waals surface area contributed by atoms with Crippen LogP contribution in [0.5, 0.6) is 0 Å². The van der Waals surface area contributed by atoms with Gasteiger partial charge in [-0.05, 0) is 30.0 Å². The Morgan fingerprint density at radius 2 is 1.89 bits per heavy atom. The molecule has 0 aromatic heterocycles. The second kappa shape index (κ2) is 7.55. The number of carboxylic acid groups (broad SMARTS) is 1. The zero-order valence-electron chi connectivity index (χ0n) is 10.2. The molecule has 0 aliphatic rings. The summed E-state index contributed by atoms with van der Waals surface area (Å²) in [6.45, 7) is 2.00. The van der Waals surface area contributed by atoms with Gasteiger partial charge in [0.1, 0.15) is 0 Å². The van der Waals surface area contributed by atoms with Crippen LogP contribution in [0, 0.1) is 0 Å². The van der Waals surface area contributed by atoms with Crippen LogP contribution in [0.2, 0.25) is 0 Å². The van der Waals surface area contributed by atoms with Gasteiger partial charge in [0, 0.05) is 6.42 Å². The van der Waals surface area contributed by atoms with Crippen molar-refractivity contribution in [2.24, 2.45) is 16.5 Å². The Bertz CT molecular complexity index is 414. The van der Waals surface area contributed by atoms with Gasteiger partial charge in [0.2, 0.25) is 0 Å².